The number of benzene rings is 1. The summed E-state index contributed by atoms with van der Waals surface area (Å²) in [6.45, 7) is 2.28. The maximum Gasteiger partial charge on any atom is 0.306 e. The van der Waals surface area contributed by atoms with Gasteiger partial charge in [0, 0.05) is 6.04 Å². The summed E-state index contributed by atoms with van der Waals surface area (Å²) in [4.78, 5) is 11.6. The summed E-state index contributed by atoms with van der Waals surface area (Å²) in [6.07, 6.45) is 2.23. The maximum atomic E-state index is 11.6. The normalized spacial score (nSPS) is 22.9. The molecule has 0 saturated heterocycles. The van der Waals surface area contributed by atoms with Gasteiger partial charge in [0.25, 0.3) is 0 Å². The Morgan fingerprint density at radius 2 is 2.24 bits per heavy atom. The molecule has 0 radical (unpaired) electrons. The summed E-state index contributed by atoms with van der Waals surface area (Å²) in [7, 11) is 0. The fourth-order valence-electron chi connectivity index (χ4n) is 2.59. The molecule has 92 valence electrons. The van der Waals surface area contributed by atoms with Crippen molar-refractivity contribution in [2.24, 2.45) is 5.73 Å². The molecule has 0 aromatic heterocycles. The Balaban J connectivity index is 2.15. The molecular formula is C14H19NO2. The minimum atomic E-state index is -0.124. The average molecular weight is 233 g/mol. The quantitative estimate of drug-likeness (QED) is 0.812. The number of carbonyl (C=O) groups is 1. The van der Waals surface area contributed by atoms with E-state index < -0.39 is 0 Å². The van der Waals surface area contributed by atoms with Gasteiger partial charge in [-0.05, 0) is 36.8 Å². The van der Waals surface area contributed by atoms with E-state index in [1.807, 2.05) is 19.1 Å². The molecule has 0 bridgehead atoms. The van der Waals surface area contributed by atoms with Crippen molar-refractivity contribution in [2.75, 3.05) is 6.61 Å². The molecule has 1 aromatic carbocycles. The van der Waals surface area contributed by atoms with Crippen LogP contribution < -0.4 is 5.73 Å². The van der Waals surface area contributed by atoms with E-state index in [2.05, 4.69) is 12.1 Å². The fraction of sp³-hybridized carbons (Fsp3) is 0.500. The molecule has 1 aromatic rings. The van der Waals surface area contributed by atoms with Crippen molar-refractivity contribution < 1.29 is 9.53 Å². The standard InChI is InChI=1S/C14H19NO2/c1-2-17-14(16)9-11-8-12(15)7-10-5-3-4-6-13(10)11/h3-6,11-12H,2,7-9,15H2,1H3/t11-,12+/m1/s1. The molecule has 0 saturated carbocycles. The van der Waals surface area contributed by atoms with Crippen LogP contribution in [0.3, 0.4) is 0 Å². The van der Waals surface area contributed by atoms with Crippen LogP contribution in [0.15, 0.2) is 24.3 Å². The van der Waals surface area contributed by atoms with E-state index in [-0.39, 0.29) is 17.9 Å². The fourth-order valence-corrected chi connectivity index (χ4v) is 2.59. The third-order valence-corrected chi connectivity index (χ3v) is 3.28. The number of nitrogens with two attached hydrogens (primary N) is 1. The molecule has 17 heavy (non-hydrogen) atoms. The zero-order chi connectivity index (χ0) is 12.3. The first-order valence-corrected chi connectivity index (χ1v) is 6.19. The second-order valence-electron chi connectivity index (χ2n) is 4.60. The predicted molar refractivity (Wildman–Crippen MR) is 66.7 cm³/mol. The van der Waals surface area contributed by atoms with Gasteiger partial charge in [0.15, 0.2) is 0 Å². The molecule has 0 fully saturated rings. The molecule has 2 atom stereocenters. The van der Waals surface area contributed by atoms with Gasteiger partial charge >= 0.3 is 5.97 Å². The molecule has 2 rings (SSSR count). The van der Waals surface area contributed by atoms with Crippen LogP contribution in [0.1, 0.15) is 36.8 Å². The highest BCUT2D eigenvalue weighted by atomic mass is 16.5. The molecule has 0 unspecified atom stereocenters. The van der Waals surface area contributed by atoms with E-state index in [1.54, 1.807) is 0 Å². The van der Waals surface area contributed by atoms with Crippen LogP contribution in [0.5, 0.6) is 0 Å². The van der Waals surface area contributed by atoms with Crippen molar-refractivity contribution in [3.8, 4) is 0 Å². The summed E-state index contributed by atoms with van der Waals surface area (Å²) >= 11 is 0. The SMILES string of the molecule is CCOC(=O)C[C@H]1C[C@@H](N)Cc2ccccc21. The molecular weight excluding hydrogens is 214 g/mol. The largest absolute Gasteiger partial charge is 0.466 e. The number of ether oxygens (including phenoxy) is 1. The predicted octanol–water partition coefficient (Wildman–Crippen LogP) is 2.00. The van der Waals surface area contributed by atoms with Crippen molar-refractivity contribution in [1.82, 2.24) is 0 Å². The molecule has 3 heteroatoms. The minimum Gasteiger partial charge on any atom is -0.466 e. The van der Waals surface area contributed by atoms with E-state index in [0.29, 0.717) is 13.0 Å². The molecule has 0 heterocycles. The molecule has 3 nitrogen and oxygen atoms in total. The van der Waals surface area contributed by atoms with E-state index in [4.69, 9.17) is 10.5 Å². The highest BCUT2D eigenvalue weighted by Gasteiger charge is 2.26. The van der Waals surface area contributed by atoms with Crippen molar-refractivity contribution in [3.05, 3.63) is 35.4 Å². The summed E-state index contributed by atoms with van der Waals surface area (Å²) in [5.41, 5.74) is 8.58. The topological polar surface area (TPSA) is 52.3 Å². The minimum absolute atomic E-state index is 0.124. The summed E-state index contributed by atoms with van der Waals surface area (Å²) < 4.78 is 5.02. The Morgan fingerprint density at radius 1 is 1.47 bits per heavy atom. The lowest BCUT2D eigenvalue weighted by atomic mass is 9.79. The average Bonchev–Trinajstić information content (AvgIpc) is 2.29. The zero-order valence-corrected chi connectivity index (χ0v) is 10.2. The number of rotatable bonds is 3. The first kappa shape index (κ1) is 12.1. The lowest BCUT2D eigenvalue weighted by molar-refractivity contribution is -0.143. The number of hydrogen-bond donors (Lipinski definition) is 1. The second-order valence-corrected chi connectivity index (χ2v) is 4.60. The molecule has 2 N–H and O–H groups in total. The maximum absolute atomic E-state index is 11.6. The van der Waals surface area contributed by atoms with Crippen LogP contribution >= 0.6 is 0 Å². The lowest BCUT2D eigenvalue weighted by Crippen LogP contribution is -2.31. The van der Waals surface area contributed by atoms with Crippen LogP contribution in [0.2, 0.25) is 0 Å². The van der Waals surface area contributed by atoms with Crippen molar-refractivity contribution in [3.63, 3.8) is 0 Å². The van der Waals surface area contributed by atoms with E-state index in [1.165, 1.54) is 11.1 Å². The van der Waals surface area contributed by atoms with Crippen LogP contribution in [-0.2, 0) is 16.0 Å². The van der Waals surface area contributed by atoms with Crippen molar-refractivity contribution in [1.29, 1.82) is 0 Å². The first-order chi connectivity index (χ1) is 8.20. The summed E-state index contributed by atoms with van der Waals surface area (Å²) in [5, 5.41) is 0. The third kappa shape index (κ3) is 2.86. The van der Waals surface area contributed by atoms with Gasteiger partial charge < -0.3 is 10.5 Å². The van der Waals surface area contributed by atoms with Gasteiger partial charge in [-0.3, -0.25) is 4.79 Å². The molecule has 0 amide bonds. The molecule has 1 aliphatic rings. The van der Waals surface area contributed by atoms with Crippen LogP contribution in [0.25, 0.3) is 0 Å². The Morgan fingerprint density at radius 3 is 3.00 bits per heavy atom. The lowest BCUT2D eigenvalue weighted by Gasteiger charge is -2.29. The number of fused-ring (bicyclic) bond motifs is 1. The van der Waals surface area contributed by atoms with Crippen molar-refractivity contribution in [2.45, 2.75) is 38.1 Å². The van der Waals surface area contributed by atoms with Gasteiger partial charge in [-0.1, -0.05) is 24.3 Å². The Hall–Kier alpha value is -1.35. The Labute approximate surface area is 102 Å². The summed E-state index contributed by atoms with van der Waals surface area (Å²) in [5.74, 6) is 0.0930. The highest BCUT2D eigenvalue weighted by molar-refractivity contribution is 5.70. The molecule has 0 aliphatic heterocycles. The Kier molecular flexibility index (Phi) is 3.79. The third-order valence-electron chi connectivity index (χ3n) is 3.28. The molecule has 1 aliphatic carbocycles. The van der Waals surface area contributed by atoms with Crippen LogP contribution in [0, 0.1) is 0 Å². The monoisotopic (exact) mass is 233 g/mol. The van der Waals surface area contributed by atoms with E-state index >= 15 is 0 Å². The van der Waals surface area contributed by atoms with Gasteiger partial charge in [0.2, 0.25) is 0 Å². The number of esters is 1. The van der Waals surface area contributed by atoms with E-state index in [0.717, 1.165) is 12.8 Å². The van der Waals surface area contributed by atoms with Gasteiger partial charge in [0.05, 0.1) is 13.0 Å². The number of hydrogen-bond acceptors (Lipinski definition) is 3. The van der Waals surface area contributed by atoms with Gasteiger partial charge in [0.1, 0.15) is 0 Å². The van der Waals surface area contributed by atoms with E-state index in [9.17, 15) is 4.79 Å². The van der Waals surface area contributed by atoms with Crippen molar-refractivity contribution >= 4 is 5.97 Å². The second kappa shape index (κ2) is 5.32. The highest BCUT2D eigenvalue weighted by Crippen LogP contribution is 2.33. The summed E-state index contributed by atoms with van der Waals surface area (Å²) in [6, 6.07) is 8.41. The van der Waals surface area contributed by atoms with Crippen LogP contribution in [0.4, 0.5) is 0 Å². The molecule has 0 spiro atoms. The van der Waals surface area contributed by atoms with Gasteiger partial charge in [-0.25, -0.2) is 0 Å². The van der Waals surface area contributed by atoms with Crippen LogP contribution in [-0.4, -0.2) is 18.6 Å². The Bertz CT molecular complexity index is 403. The van der Waals surface area contributed by atoms with Gasteiger partial charge in [-0.2, -0.15) is 0 Å². The smallest absolute Gasteiger partial charge is 0.306 e. The first-order valence-electron chi connectivity index (χ1n) is 6.19. The zero-order valence-electron chi connectivity index (χ0n) is 10.2. The van der Waals surface area contributed by atoms with Gasteiger partial charge in [-0.15, -0.1) is 0 Å². The number of carbonyl (C=O) groups excluding carboxylic acids is 1.